The number of aliphatic hydroxyl groups is 7. The number of hydrogen-bond acceptors (Lipinski definition) is 16. The van der Waals surface area contributed by atoms with Gasteiger partial charge in [-0.05, 0) is 18.2 Å². The molecule has 0 bridgehead atoms. The van der Waals surface area contributed by atoms with E-state index in [9.17, 15) is 40.5 Å². The van der Waals surface area contributed by atoms with Crippen molar-refractivity contribution in [2.45, 2.75) is 67.5 Å². The third-order valence-electron chi connectivity index (χ3n) is 6.69. The Balaban J connectivity index is 1.28. The van der Waals surface area contributed by atoms with Gasteiger partial charge in [-0.1, -0.05) is 0 Å². The molecule has 2 saturated heterocycles. The number of rotatable bonds is 8. The Morgan fingerprint density at radius 1 is 0.950 bits per heavy atom. The maximum absolute atomic E-state index is 11.2. The van der Waals surface area contributed by atoms with Gasteiger partial charge in [0.15, 0.2) is 12.3 Å². The summed E-state index contributed by atoms with van der Waals surface area (Å²) in [5, 5.41) is 81.2. The van der Waals surface area contributed by atoms with Crippen LogP contribution in [0.4, 0.5) is 0 Å². The van der Waals surface area contributed by atoms with Crippen molar-refractivity contribution in [2.24, 2.45) is 4.99 Å². The van der Waals surface area contributed by atoms with Crippen molar-refractivity contribution in [3.63, 3.8) is 0 Å². The lowest BCUT2D eigenvalue weighted by Crippen LogP contribution is -2.65. The van der Waals surface area contributed by atoms with Gasteiger partial charge in [-0.15, -0.1) is 23.1 Å². The lowest BCUT2D eigenvalue weighted by atomic mass is 9.97. The topological polar surface area (TPSA) is 241 Å². The van der Waals surface area contributed by atoms with E-state index < -0.39 is 86.6 Å². The average molecular weight is 605 g/mol. The minimum Gasteiger partial charge on any atom is -0.480 e. The molecule has 3 aliphatic heterocycles. The van der Waals surface area contributed by atoms with E-state index in [1.165, 1.54) is 23.1 Å². The number of carbonyl (C=O) groups is 1. The molecular formula is C23H28N2O13S2. The largest absolute Gasteiger partial charge is 0.480 e. The van der Waals surface area contributed by atoms with Crippen LogP contribution in [0.1, 0.15) is 5.01 Å². The number of aliphatic carboxylic acids is 1. The first-order valence-electron chi connectivity index (χ1n) is 12.2. The monoisotopic (exact) mass is 604 g/mol. The summed E-state index contributed by atoms with van der Waals surface area (Å²) in [5.74, 6) is -0.440. The summed E-state index contributed by atoms with van der Waals surface area (Å²) >= 11 is 2.57. The first kappa shape index (κ1) is 29.5. The lowest BCUT2D eigenvalue weighted by molar-refractivity contribution is -0.352. The lowest BCUT2D eigenvalue weighted by Gasteiger charge is -2.45. The van der Waals surface area contributed by atoms with Crippen LogP contribution in [0.15, 0.2) is 23.2 Å². The van der Waals surface area contributed by atoms with Crippen LogP contribution >= 0.6 is 23.1 Å². The Morgan fingerprint density at radius 2 is 1.65 bits per heavy atom. The molecule has 1 aromatic heterocycles. The van der Waals surface area contributed by atoms with Gasteiger partial charge in [0.2, 0.25) is 6.29 Å². The maximum atomic E-state index is 11.2. The van der Waals surface area contributed by atoms with Crippen LogP contribution in [0.25, 0.3) is 10.2 Å². The molecule has 0 aliphatic carbocycles. The number of ether oxygens (including phenoxy) is 4. The summed E-state index contributed by atoms with van der Waals surface area (Å²) in [5.41, 5.74) is 0.612. The number of aromatic nitrogens is 1. The first-order chi connectivity index (χ1) is 19.1. The van der Waals surface area contributed by atoms with E-state index in [4.69, 9.17) is 24.1 Å². The van der Waals surface area contributed by atoms with E-state index in [1.54, 1.807) is 18.2 Å². The number of aliphatic imine (C=N–C) groups is 1. The summed E-state index contributed by atoms with van der Waals surface area (Å²) in [6.45, 7) is -1.39. The van der Waals surface area contributed by atoms with Gasteiger partial charge >= 0.3 is 5.97 Å². The zero-order valence-corrected chi connectivity index (χ0v) is 22.2. The van der Waals surface area contributed by atoms with Crippen LogP contribution in [-0.2, 0) is 19.0 Å². The van der Waals surface area contributed by atoms with Crippen LogP contribution in [0, 0.1) is 0 Å². The number of carboxylic acid groups (broad SMARTS) is 1. The van der Waals surface area contributed by atoms with Gasteiger partial charge in [-0.25, -0.2) is 9.78 Å². The smallest absolute Gasteiger partial charge is 0.329 e. The molecule has 2 aromatic rings. The second-order valence-corrected chi connectivity index (χ2v) is 11.4. The van der Waals surface area contributed by atoms with Crippen molar-refractivity contribution in [1.29, 1.82) is 0 Å². The fraction of sp³-hybridized carbons (Fsp3) is 0.609. The molecule has 5 rings (SSSR count). The molecule has 3 aliphatic rings. The summed E-state index contributed by atoms with van der Waals surface area (Å²) in [6.07, 6.45) is -15.6. The molecule has 11 atom stereocenters. The second-order valence-electron chi connectivity index (χ2n) is 9.37. The van der Waals surface area contributed by atoms with Gasteiger partial charge in [0.25, 0.3) is 0 Å². The minimum absolute atomic E-state index is 0.244. The summed E-state index contributed by atoms with van der Waals surface area (Å²) < 4.78 is 22.9. The molecule has 17 heteroatoms. The van der Waals surface area contributed by atoms with Gasteiger partial charge < -0.3 is 59.8 Å². The van der Waals surface area contributed by atoms with Crippen LogP contribution < -0.4 is 4.74 Å². The molecule has 40 heavy (non-hydrogen) atoms. The van der Waals surface area contributed by atoms with Crippen molar-refractivity contribution >= 4 is 44.3 Å². The molecule has 220 valence electrons. The zero-order chi connectivity index (χ0) is 28.7. The van der Waals surface area contributed by atoms with E-state index in [1.807, 2.05) is 0 Å². The number of fused-ring (bicyclic) bond motifs is 1. The number of thioether (sulfide) groups is 1. The highest BCUT2D eigenvalue weighted by Crippen LogP contribution is 2.34. The molecule has 2 fully saturated rings. The molecule has 1 aromatic carbocycles. The molecule has 0 unspecified atom stereocenters. The Bertz CT molecular complexity index is 1240. The number of aliphatic hydroxyl groups excluding tert-OH is 7. The summed E-state index contributed by atoms with van der Waals surface area (Å²) in [7, 11) is 0. The molecule has 4 heterocycles. The molecule has 0 radical (unpaired) electrons. The van der Waals surface area contributed by atoms with Gasteiger partial charge in [0.05, 0.1) is 23.4 Å². The second kappa shape index (κ2) is 12.1. The zero-order valence-electron chi connectivity index (χ0n) is 20.5. The van der Waals surface area contributed by atoms with Gasteiger partial charge in [-0.2, -0.15) is 0 Å². The number of thiazole rings is 1. The van der Waals surface area contributed by atoms with Crippen molar-refractivity contribution in [1.82, 2.24) is 4.98 Å². The predicted molar refractivity (Wildman–Crippen MR) is 137 cm³/mol. The van der Waals surface area contributed by atoms with Crippen LogP contribution in [0.3, 0.4) is 0 Å². The number of nitrogens with zero attached hydrogens (tertiary/aromatic N) is 2. The van der Waals surface area contributed by atoms with E-state index in [-0.39, 0.29) is 5.75 Å². The van der Waals surface area contributed by atoms with Gasteiger partial charge in [0.1, 0.15) is 64.6 Å². The molecule has 0 spiro atoms. The van der Waals surface area contributed by atoms with Gasteiger partial charge in [-0.3, -0.25) is 4.99 Å². The Kier molecular flexibility index (Phi) is 8.91. The molecule has 8 N–H and O–H groups in total. The molecule has 0 saturated carbocycles. The highest BCUT2D eigenvalue weighted by Gasteiger charge is 2.51. The van der Waals surface area contributed by atoms with Crippen molar-refractivity contribution in [2.75, 3.05) is 19.0 Å². The van der Waals surface area contributed by atoms with Crippen molar-refractivity contribution in [3.05, 3.63) is 23.2 Å². The SMILES string of the molecule is O=C(O)[C@H]1CSC(c2nc3ccc(O[C@@H]4O[C@H](CO)[C@@H](O[C@@H]5O[C@H](CO)[C@@H](O)[C@H](O)[C@H]5O)[C@H](O)[C@H]4O)cc3s2)=N1. The fourth-order valence-corrected chi connectivity index (χ4v) is 6.57. The van der Waals surface area contributed by atoms with Gasteiger partial charge in [0, 0.05) is 5.75 Å². The third-order valence-corrected chi connectivity index (χ3v) is 8.90. The average Bonchev–Trinajstić information content (AvgIpc) is 3.60. The predicted octanol–water partition coefficient (Wildman–Crippen LogP) is -2.75. The first-order valence-corrected chi connectivity index (χ1v) is 14.0. The standard InChI is InChI=1S/C23H28N2O13S2/c26-4-10-13(28)14(29)16(31)23(36-10)38-18-11(5-27)37-22(17(32)15(18)30)35-7-1-2-8-12(3-7)40-20(24-8)19-25-9(6-39-19)21(33)34/h1-3,9-11,13-18,22-23,26-32H,4-6H2,(H,33,34)/t9-,10-,11-,13-,14+,15-,16-,17-,18-,22-,23+/m1/s1. The highest BCUT2D eigenvalue weighted by atomic mass is 32.2. The fourth-order valence-electron chi connectivity index (χ4n) is 4.47. The van der Waals surface area contributed by atoms with E-state index in [0.717, 1.165) is 0 Å². The van der Waals surface area contributed by atoms with E-state index >= 15 is 0 Å². The number of carboxylic acids is 1. The normalized spacial score (nSPS) is 38.4. The van der Waals surface area contributed by atoms with Crippen molar-refractivity contribution < 1.29 is 64.6 Å². The van der Waals surface area contributed by atoms with Crippen molar-refractivity contribution in [3.8, 4) is 5.75 Å². The molecular weight excluding hydrogens is 576 g/mol. The number of benzene rings is 1. The van der Waals surface area contributed by atoms with Crippen LogP contribution in [0.2, 0.25) is 0 Å². The van der Waals surface area contributed by atoms with Crippen LogP contribution in [-0.4, -0.2) is 143 Å². The van der Waals surface area contributed by atoms with E-state index in [0.29, 0.717) is 26.0 Å². The minimum atomic E-state index is -1.77. The molecule has 15 nitrogen and oxygen atoms in total. The maximum Gasteiger partial charge on any atom is 0.329 e. The Morgan fingerprint density at radius 3 is 2.33 bits per heavy atom. The van der Waals surface area contributed by atoms with Crippen LogP contribution in [0.5, 0.6) is 5.75 Å². The highest BCUT2D eigenvalue weighted by molar-refractivity contribution is 8.15. The quantitative estimate of drug-likeness (QED) is 0.152. The molecule has 0 amide bonds. The third kappa shape index (κ3) is 5.69. The Hall–Kier alpha value is -2.00. The number of hydrogen-bond donors (Lipinski definition) is 8. The Labute approximate surface area is 234 Å². The van der Waals surface area contributed by atoms with E-state index in [2.05, 4.69) is 9.98 Å². The summed E-state index contributed by atoms with van der Waals surface area (Å²) in [6, 6.07) is 4.01. The summed E-state index contributed by atoms with van der Waals surface area (Å²) in [4.78, 5) is 19.9.